The minimum absolute atomic E-state index is 0.000736. The van der Waals surface area contributed by atoms with Gasteiger partial charge in [-0.2, -0.15) is 0 Å². The number of ether oxygens (including phenoxy) is 1. The third-order valence-corrected chi connectivity index (χ3v) is 12.1. The Morgan fingerprint density at radius 1 is 1.15 bits per heavy atom. The monoisotopic (exact) mass is 470 g/mol. The fourth-order valence-corrected chi connectivity index (χ4v) is 9.66. The summed E-state index contributed by atoms with van der Waals surface area (Å²) in [6, 6.07) is 0. The Morgan fingerprint density at radius 3 is 2.53 bits per heavy atom. The fraction of sp³-hybridized carbons (Fsp3) is 0.839. The minimum Gasteiger partial charge on any atom is -0.466 e. The summed E-state index contributed by atoms with van der Waals surface area (Å²) in [6.45, 7) is 16.7. The van der Waals surface area contributed by atoms with Crippen molar-refractivity contribution in [2.75, 3.05) is 7.11 Å². The number of aliphatic hydroxyl groups excluding tert-OH is 1. The zero-order valence-electron chi connectivity index (χ0n) is 23.2. The molecule has 3 saturated carbocycles. The Morgan fingerprint density at radius 2 is 1.85 bits per heavy atom. The van der Waals surface area contributed by atoms with Gasteiger partial charge in [0.1, 0.15) is 0 Å². The molecule has 4 rings (SSSR count). The molecule has 0 aromatic heterocycles. The second kappa shape index (κ2) is 8.79. The molecule has 34 heavy (non-hydrogen) atoms. The Kier molecular flexibility index (Phi) is 6.71. The van der Waals surface area contributed by atoms with Crippen LogP contribution < -0.4 is 0 Å². The van der Waals surface area contributed by atoms with Crippen molar-refractivity contribution in [3.63, 3.8) is 0 Å². The summed E-state index contributed by atoms with van der Waals surface area (Å²) in [5.74, 6) is 2.44. The van der Waals surface area contributed by atoms with Crippen molar-refractivity contribution in [1.82, 2.24) is 0 Å². The normalized spacial score (nSPS) is 44.4. The second-order valence-electron chi connectivity index (χ2n) is 13.7. The molecule has 192 valence electrons. The number of allylic oxidation sites excluding steroid dienone is 3. The number of carbonyl (C=O) groups excluding carboxylic acids is 1. The first-order valence-corrected chi connectivity index (χ1v) is 14.0. The number of methoxy groups -OCH3 is 1. The van der Waals surface area contributed by atoms with E-state index in [-0.39, 0.29) is 17.5 Å². The minimum atomic E-state index is -0.208. The first-order chi connectivity index (χ1) is 15.8. The van der Waals surface area contributed by atoms with Crippen molar-refractivity contribution in [1.29, 1.82) is 0 Å². The molecule has 0 aliphatic heterocycles. The molecular weight excluding hydrogens is 420 g/mol. The maximum absolute atomic E-state index is 11.7. The average molecular weight is 471 g/mol. The molecule has 0 aromatic rings. The van der Waals surface area contributed by atoms with Crippen LogP contribution in [0.5, 0.6) is 0 Å². The number of aliphatic hydroxyl groups is 1. The maximum Gasteiger partial charge on any atom is 0.333 e. The van der Waals surface area contributed by atoms with Crippen LogP contribution in [0.1, 0.15) is 106 Å². The van der Waals surface area contributed by atoms with Crippen LogP contribution in [0.3, 0.4) is 0 Å². The number of rotatable bonds is 5. The number of fused-ring (bicyclic) bond motifs is 5. The summed E-state index contributed by atoms with van der Waals surface area (Å²) in [4.78, 5) is 11.7. The van der Waals surface area contributed by atoms with E-state index in [0.717, 1.165) is 37.2 Å². The molecule has 0 spiro atoms. The van der Waals surface area contributed by atoms with E-state index in [9.17, 15) is 9.90 Å². The van der Waals surface area contributed by atoms with Crippen LogP contribution in [-0.2, 0) is 9.53 Å². The van der Waals surface area contributed by atoms with Gasteiger partial charge in [0.25, 0.3) is 0 Å². The van der Waals surface area contributed by atoms with Crippen LogP contribution in [0.25, 0.3) is 0 Å². The van der Waals surface area contributed by atoms with Gasteiger partial charge in [-0.3, -0.25) is 0 Å². The summed E-state index contributed by atoms with van der Waals surface area (Å²) in [5, 5.41) is 10.8. The predicted molar refractivity (Wildman–Crippen MR) is 139 cm³/mol. The summed E-state index contributed by atoms with van der Waals surface area (Å²) in [7, 11) is 1.46. The number of hydrogen-bond donors (Lipinski definition) is 1. The van der Waals surface area contributed by atoms with Gasteiger partial charge >= 0.3 is 5.97 Å². The van der Waals surface area contributed by atoms with Crippen molar-refractivity contribution in [3.05, 3.63) is 23.3 Å². The van der Waals surface area contributed by atoms with Gasteiger partial charge in [0.2, 0.25) is 0 Å². The SMILES string of the molecule is COC(=O)/C(C)=C/CC[C@@H](C)[C@H]1CC[C@]2(C)C3=CC[C@H]4C(C)(C)[C@@H](O)CC[C@]4(C)[C@H]3CC[C@@]12C. The fourth-order valence-electron chi connectivity index (χ4n) is 9.66. The van der Waals surface area contributed by atoms with E-state index in [1.54, 1.807) is 5.57 Å². The second-order valence-corrected chi connectivity index (χ2v) is 13.7. The van der Waals surface area contributed by atoms with E-state index in [4.69, 9.17) is 4.74 Å². The van der Waals surface area contributed by atoms with Gasteiger partial charge in [-0.25, -0.2) is 4.79 Å². The highest BCUT2D eigenvalue weighted by Gasteiger charge is 2.65. The lowest BCUT2D eigenvalue weighted by Crippen LogP contribution is -2.58. The molecule has 0 bridgehead atoms. The predicted octanol–water partition coefficient (Wildman–Crippen LogP) is 7.49. The molecule has 0 amide bonds. The average Bonchev–Trinajstić information content (AvgIpc) is 3.07. The highest BCUT2D eigenvalue weighted by atomic mass is 16.5. The van der Waals surface area contributed by atoms with Crippen LogP contribution >= 0.6 is 0 Å². The maximum atomic E-state index is 11.7. The highest BCUT2D eigenvalue weighted by molar-refractivity contribution is 5.87. The lowest BCUT2D eigenvalue weighted by atomic mass is 9.41. The molecule has 3 fully saturated rings. The molecule has 0 saturated heterocycles. The van der Waals surface area contributed by atoms with E-state index < -0.39 is 0 Å². The molecule has 0 aromatic carbocycles. The van der Waals surface area contributed by atoms with Crippen LogP contribution in [-0.4, -0.2) is 24.3 Å². The van der Waals surface area contributed by atoms with Gasteiger partial charge in [0.05, 0.1) is 13.2 Å². The quantitative estimate of drug-likeness (QED) is 0.257. The van der Waals surface area contributed by atoms with E-state index in [1.165, 1.54) is 39.2 Å². The van der Waals surface area contributed by atoms with Crippen LogP contribution in [0.15, 0.2) is 23.3 Å². The Hall–Kier alpha value is -1.09. The molecule has 3 heteroatoms. The standard InChI is InChI=1S/C31H50O3/c1-20(10-9-11-21(2)27(33)34-8)22-14-18-31(7)24-12-13-25-28(3,4)26(32)16-17-29(25,5)23(24)15-19-30(22,31)6/h11-12,20,22-23,25-26,32H,9-10,13-19H2,1-8H3/b21-11+/t20-,22-,23+,25+,26+,29-,30+,31-/m1/s1. The zero-order valence-corrected chi connectivity index (χ0v) is 23.2. The van der Waals surface area contributed by atoms with Gasteiger partial charge < -0.3 is 9.84 Å². The van der Waals surface area contributed by atoms with Gasteiger partial charge in [-0.15, -0.1) is 0 Å². The van der Waals surface area contributed by atoms with E-state index >= 15 is 0 Å². The smallest absolute Gasteiger partial charge is 0.333 e. The third-order valence-electron chi connectivity index (χ3n) is 12.1. The molecule has 1 N–H and O–H groups in total. The number of hydrogen-bond acceptors (Lipinski definition) is 3. The largest absolute Gasteiger partial charge is 0.466 e. The molecule has 4 aliphatic rings. The molecule has 3 nitrogen and oxygen atoms in total. The van der Waals surface area contributed by atoms with Crippen molar-refractivity contribution >= 4 is 5.97 Å². The van der Waals surface area contributed by atoms with Crippen molar-refractivity contribution < 1.29 is 14.6 Å². The summed E-state index contributed by atoms with van der Waals surface area (Å²) >= 11 is 0. The number of carbonyl (C=O) groups is 1. The summed E-state index contributed by atoms with van der Waals surface area (Å²) in [5.41, 5.74) is 3.47. The number of esters is 1. The first kappa shape index (κ1) is 26.0. The molecule has 0 unspecified atom stereocenters. The molecular formula is C31H50O3. The topological polar surface area (TPSA) is 46.5 Å². The molecule has 8 atom stereocenters. The van der Waals surface area contributed by atoms with Crippen LogP contribution in [0.4, 0.5) is 0 Å². The zero-order chi connectivity index (χ0) is 25.1. The van der Waals surface area contributed by atoms with E-state index in [0.29, 0.717) is 34.0 Å². The Bertz CT molecular complexity index is 868. The summed E-state index contributed by atoms with van der Waals surface area (Å²) < 4.78 is 4.86. The lowest BCUT2D eigenvalue weighted by molar-refractivity contribution is -0.136. The third kappa shape index (κ3) is 3.66. The van der Waals surface area contributed by atoms with Gasteiger partial charge in [0.15, 0.2) is 0 Å². The van der Waals surface area contributed by atoms with Crippen LogP contribution in [0, 0.1) is 45.3 Å². The molecule has 0 heterocycles. The Labute approximate surface area is 208 Å². The van der Waals surface area contributed by atoms with Gasteiger partial charge in [0, 0.05) is 5.57 Å². The molecule has 4 aliphatic carbocycles. The van der Waals surface area contributed by atoms with Crippen LogP contribution in [0.2, 0.25) is 0 Å². The van der Waals surface area contributed by atoms with E-state index in [1.807, 2.05) is 6.92 Å². The van der Waals surface area contributed by atoms with Crippen molar-refractivity contribution in [3.8, 4) is 0 Å². The highest BCUT2D eigenvalue weighted by Crippen LogP contribution is 2.73. The van der Waals surface area contributed by atoms with Gasteiger partial charge in [-0.05, 0) is 110 Å². The van der Waals surface area contributed by atoms with Crippen molar-refractivity contribution in [2.24, 2.45) is 45.3 Å². The lowest BCUT2D eigenvalue weighted by Gasteiger charge is -2.64. The first-order valence-electron chi connectivity index (χ1n) is 14.0. The molecule has 0 radical (unpaired) electrons. The van der Waals surface area contributed by atoms with Gasteiger partial charge in [-0.1, -0.05) is 59.3 Å². The van der Waals surface area contributed by atoms with E-state index in [2.05, 4.69) is 53.7 Å². The summed E-state index contributed by atoms with van der Waals surface area (Å²) in [6.07, 6.45) is 15.2. The Balaban J connectivity index is 1.56. The van der Waals surface area contributed by atoms with Crippen molar-refractivity contribution in [2.45, 2.75) is 112 Å².